The van der Waals surface area contributed by atoms with Crippen LogP contribution >= 0.6 is 0 Å². The second-order valence-corrected chi connectivity index (χ2v) is 6.26. The van der Waals surface area contributed by atoms with E-state index in [1.54, 1.807) is 54.1 Å². The lowest BCUT2D eigenvalue weighted by atomic mass is 10.1. The fourth-order valence-corrected chi connectivity index (χ4v) is 2.82. The molecule has 2 heterocycles. The van der Waals surface area contributed by atoms with Gasteiger partial charge in [-0.25, -0.2) is 23.5 Å². The number of benzene rings is 1. The molecule has 0 aliphatic heterocycles. The molecule has 142 valence electrons. The Kier molecular flexibility index (Phi) is 4.93. The third kappa shape index (κ3) is 3.97. The van der Waals surface area contributed by atoms with E-state index in [2.05, 4.69) is 20.6 Å². The first-order valence-electron chi connectivity index (χ1n) is 8.26. The molecule has 3 aromatic rings. The SMILES string of the molecule is Cn1ccnc1C(NC(=O)Nc1ccccc1C(C)(F)F)c1nccn1C. The van der Waals surface area contributed by atoms with E-state index in [1.807, 2.05) is 0 Å². The minimum Gasteiger partial charge on any atom is -0.336 e. The van der Waals surface area contributed by atoms with Crippen molar-refractivity contribution in [3.8, 4) is 0 Å². The van der Waals surface area contributed by atoms with Gasteiger partial charge >= 0.3 is 6.03 Å². The van der Waals surface area contributed by atoms with Crippen LogP contribution in [0.1, 0.15) is 30.2 Å². The van der Waals surface area contributed by atoms with Crippen molar-refractivity contribution >= 4 is 11.7 Å². The molecular formula is C18H20F2N6O. The van der Waals surface area contributed by atoms with Crippen LogP contribution < -0.4 is 10.6 Å². The van der Waals surface area contributed by atoms with Gasteiger partial charge in [0.15, 0.2) is 0 Å². The number of hydrogen-bond acceptors (Lipinski definition) is 3. The number of anilines is 1. The summed E-state index contributed by atoms with van der Waals surface area (Å²) in [5.41, 5.74) is -0.216. The minimum atomic E-state index is -3.08. The Balaban J connectivity index is 1.87. The number of alkyl halides is 2. The maximum Gasteiger partial charge on any atom is 0.320 e. The fraction of sp³-hybridized carbons (Fsp3) is 0.278. The van der Waals surface area contributed by atoms with Gasteiger partial charge in [-0.1, -0.05) is 18.2 Å². The number of aryl methyl sites for hydroxylation is 2. The Morgan fingerprint density at radius 2 is 1.63 bits per heavy atom. The van der Waals surface area contributed by atoms with Crippen LogP contribution in [-0.2, 0) is 20.0 Å². The zero-order valence-corrected chi connectivity index (χ0v) is 15.1. The van der Waals surface area contributed by atoms with Gasteiger partial charge < -0.3 is 19.8 Å². The fourth-order valence-electron chi connectivity index (χ4n) is 2.82. The standard InChI is InChI=1S/C18H20F2N6O/c1-18(19,20)12-6-4-5-7-13(12)23-17(27)24-14(15-21-8-10-25(15)2)16-22-9-11-26(16)3/h4-11,14H,1-3H3,(H2,23,24,27). The zero-order valence-electron chi connectivity index (χ0n) is 15.1. The number of carbonyl (C=O) groups is 1. The van der Waals surface area contributed by atoms with Crippen LogP contribution in [0.3, 0.4) is 0 Å². The van der Waals surface area contributed by atoms with Crippen LogP contribution in [0.15, 0.2) is 49.1 Å². The number of aromatic nitrogens is 4. The molecule has 0 aliphatic rings. The van der Waals surface area contributed by atoms with Gasteiger partial charge in [0.2, 0.25) is 0 Å². The quantitative estimate of drug-likeness (QED) is 0.720. The number of nitrogens with one attached hydrogen (secondary N) is 2. The molecule has 0 spiro atoms. The van der Waals surface area contributed by atoms with E-state index in [9.17, 15) is 13.6 Å². The highest BCUT2D eigenvalue weighted by molar-refractivity contribution is 5.90. The van der Waals surface area contributed by atoms with Gasteiger partial charge in [0.1, 0.15) is 17.7 Å². The van der Waals surface area contributed by atoms with Crippen molar-refractivity contribution in [2.75, 3.05) is 5.32 Å². The molecule has 1 aromatic carbocycles. The molecule has 9 heteroatoms. The summed E-state index contributed by atoms with van der Waals surface area (Å²) in [4.78, 5) is 21.1. The summed E-state index contributed by atoms with van der Waals surface area (Å²) in [5, 5.41) is 5.28. The van der Waals surface area contributed by atoms with Crippen LogP contribution in [0.5, 0.6) is 0 Å². The van der Waals surface area contributed by atoms with E-state index in [0.29, 0.717) is 11.6 Å². The van der Waals surface area contributed by atoms with E-state index >= 15 is 0 Å². The molecule has 7 nitrogen and oxygen atoms in total. The zero-order chi connectivity index (χ0) is 19.6. The molecule has 0 bridgehead atoms. The van der Waals surface area contributed by atoms with Crippen LogP contribution in [0.4, 0.5) is 19.3 Å². The van der Waals surface area contributed by atoms with Crippen LogP contribution in [0.2, 0.25) is 0 Å². The Morgan fingerprint density at radius 1 is 1.07 bits per heavy atom. The molecule has 0 radical (unpaired) electrons. The average molecular weight is 374 g/mol. The number of amides is 2. The number of nitrogens with zero attached hydrogens (tertiary/aromatic N) is 4. The first-order chi connectivity index (χ1) is 12.8. The molecular weight excluding hydrogens is 354 g/mol. The predicted octanol–water partition coefficient (Wildman–Crippen LogP) is 3.18. The van der Waals surface area contributed by atoms with Crippen molar-refractivity contribution in [3.05, 3.63) is 66.3 Å². The number of urea groups is 1. The summed E-state index contributed by atoms with van der Waals surface area (Å²) in [6, 6.07) is 4.51. The molecule has 2 aromatic heterocycles. The molecule has 0 aliphatic carbocycles. The van der Waals surface area contributed by atoms with E-state index in [0.717, 1.165) is 6.92 Å². The minimum absolute atomic E-state index is 0.0425. The van der Waals surface area contributed by atoms with Crippen molar-refractivity contribution in [2.24, 2.45) is 14.1 Å². The Hall–Kier alpha value is -3.23. The molecule has 0 fully saturated rings. The monoisotopic (exact) mass is 374 g/mol. The molecule has 0 unspecified atom stereocenters. The van der Waals surface area contributed by atoms with Crippen molar-refractivity contribution < 1.29 is 13.6 Å². The van der Waals surface area contributed by atoms with Crippen molar-refractivity contribution in [2.45, 2.75) is 18.9 Å². The van der Waals surface area contributed by atoms with E-state index < -0.39 is 18.0 Å². The number of carbonyl (C=O) groups excluding carboxylic acids is 1. The molecule has 3 rings (SSSR count). The maximum absolute atomic E-state index is 13.8. The summed E-state index contributed by atoms with van der Waals surface area (Å²) in [6.45, 7) is 0.788. The summed E-state index contributed by atoms with van der Waals surface area (Å²) in [6.07, 6.45) is 6.71. The first-order valence-corrected chi connectivity index (χ1v) is 8.26. The first kappa shape index (κ1) is 18.6. The highest BCUT2D eigenvalue weighted by atomic mass is 19.3. The lowest BCUT2D eigenvalue weighted by Crippen LogP contribution is -2.36. The number of hydrogen-bond donors (Lipinski definition) is 2. The maximum atomic E-state index is 13.8. The third-order valence-corrected chi connectivity index (χ3v) is 4.16. The molecule has 0 saturated heterocycles. The lowest BCUT2D eigenvalue weighted by Gasteiger charge is -2.20. The van der Waals surface area contributed by atoms with Crippen LogP contribution in [0.25, 0.3) is 0 Å². The van der Waals surface area contributed by atoms with Crippen LogP contribution in [0, 0.1) is 0 Å². The predicted molar refractivity (Wildman–Crippen MR) is 96.4 cm³/mol. The van der Waals surface area contributed by atoms with Gasteiger partial charge in [-0.2, -0.15) is 0 Å². The van der Waals surface area contributed by atoms with Gasteiger partial charge in [-0.3, -0.25) is 0 Å². The second-order valence-electron chi connectivity index (χ2n) is 6.26. The van der Waals surface area contributed by atoms with Crippen molar-refractivity contribution in [1.82, 2.24) is 24.4 Å². The van der Waals surface area contributed by atoms with Gasteiger partial charge in [0, 0.05) is 51.4 Å². The second kappa shape index (κ2) is 7.18. The Morgan fingerprint density at radius 3 is 2.11 bits per heavy atom. The smallest absolute Gasteiger partial charge is 0.320 e. The van der Waals surface area contributed by atoms with Crippen molar-refractivity contribution in [3.63, 3.8) is 0 Å². The number of halogens is 2. The summed E-state index contributed by atoms with van der Waals surface area (Å²) in [5.74, 6) is -1.95. The average Bonchev–Trinajstić information content (AvgIpc) is 3.21. The van der Waals surface area contributed by atoms with Crippen molar-refractivity contribution in [1.29, 1.82) is 0 Å². The number of para-hydroxylation sites is 1. The molecule has 0 saturated carbocycles. The van der Waals surface area contributed by atoms with E-state index in [4.69, 9.17) is 0 Å². The summed E-state index contributed by atoms with van der Waals surface area (Å²) < 4.78 is 31.1. The summed E-state index contributed by atoms with van der Waals surface area (Å²) >= 11 is 0. The number of imidazole rings is 2. The number of rotatable bonds is 5. The van der Waals surface area contributed by atoms with Crippen LogP contribution in [-0.4, -0.2) is 25.1 Å². The topological polar surface area (TPSA) is 76.8 Å². The van der Waals surface area contributed by atoms with Gasteiger partial charge in [-0.05, 0) is 6.07 Å². The van der Waals surface area contributed by atoms with Gasteiger partial charge in [-0.15, -0.1) is 0 Å². The van der Waals surface area contributed by atoms with Gasteiger partial charge in [0.05, 0.1) is 5.69 Å². The highest BCUT2D eigenvalue weighted by Crippen LogP contribution is 2.32. The largest absolute Gasteiger partial charge is 0.336 e. The molecule has 2 N–H and O–H groups in total. The highest BCUT2D eigenvalue weighted by Gasteiger charge is 2.29. The summed E-state index contributed by atoms with van der Waals surface area (Å²) in [7, 11) is 3.59. The van der Waals surface area contributed by atoms with E-state index in [1.165, 1.54) is 18.2 Å². The Bertz CT molecular complexity index is 903. The molecule has 2 amide bonds. The van der Waals surface area contributed by atoms with E-state index in [-0.39, 0.29) is 11.3 Å². The van der Waals surface area contributed by atoms with Gasteiger partial charge in [0.25, 0.3) is 5.92 Å². The Labute approximate surface area is 155 Å². The molecule has 0 atom stereocenters. The third-order valence-electron chi connectivity index (χ3n) is 4.16. The molecule has 27 heavy (non-hydrogen) atoms. The lowest BCUT2D eigenvalue weighted by molar-refractivity contribution is 0.0183. The normalized spacial score (nSPS) is 11.6.